The molecule has 0 saturated heterocycles. The lowest BCUT2D eigenvalue weighted by atomic mass is 10.1. The highest BCUT2D eigenvalue weighted by molar-refractivity contribution is 6.30. The first-order valence-electron chi connectivity index (χ1n) is 8.90. The van der Waals surface area contributed by atoms with E-state index in [2.05, 4.69) is 5.32 Å². The Bertz CT molecular complexity index is 793. The molecule has 0 fully saturated rings. The van der Waals surface area contributed by atoms with Crippen LogP contribution in [0, 0.1) is 0 Å². The molecule has 0 bridgehead atoms. The molecule has 0 spiro atoms. The van der Waals surface area contributed by atoms with E-state index in [0.29, 0.717) is 29.4 Å². The summed E-state index contributed by atoms with van der Waals surface area (Å²) in [5.74, 6) is 0.184. The van der Waals surface area contributed by atoms with E-state index in [9.17, 15) is 9.59 Å². The number of carbonyl (C=O) groups excluding carboxylic acids is 2. The van der Waals surface area contributed by atoms with Gasteiger partial charge in [-0.2, -0.15) is 0 Å². The minimum atomic E-state index is -0.267. The predicted octanol–water partition coefficient (Wildman–Crippen LogP) is 4.16. The molecule has 0 aliphatic carbocycles. The average molecular weight is 389 g/mol. The minimum Gasteiger partial charge on any atom is -0.489 e. The van der Waals surface area contributed by atoms with Crippen molar-refractivity contribution in [1.29, 1.82) is 0 Å². The van der Waals surface area contributed by atoms with Crippen LogP contribution in [0.2, 0.25) is 5.02 Å². The Hall–Kier alpha value is -2.53. The third kappa shape index (κ3) is 6.94. The van der Waals surface area contributed by atoms with Crippen LogP contribution in [0.3, 0.4) is 0 Å². The maximum atomic E-state index is 12.4. The van der Waals surface area contributed by atoms with Gasteiger partial charge in [-0.25, -0.2) is 0 Å². The summed E-state index contributed by atoms with van der Waals surface area (Å²) in [5, 5.41) is 3.48. The molecule has 2 amide bonds. The van der Waals surface area contributed by atoms with Crippen LogP contribution in [0.5, 0.6) is 5.75 Å². The average Bonchev–Trinajstić information content (AvgIpc) is 2.59. The molecular weight excluding hydrogens is 364 g/mol. The number of nitrogens with zero attached hydrogens (tertiary/aromatic N) is 1. The van der Waals surface area contributed by atoms with Crippen LogP contribution in [0.15, 0.2) is 48.5 Å². The highest BCUT2D eigenvalue weighted by Gasteiger charge is 2.15. The summed E-state index contributed by atoms with van der Waals surface area (Å²) < 4.78 is 5.71. The van der Waals surface area contributed by atoms with Gasteiger partial charge >= 0.3 is 0 Å². The van der Waals surface area contributed by atoms with Gasteiger partial charge in [-0.1, -0.05) is 35.9 Å². The van der Waals surface area contributed by atoms with Crippen LogP contribution in [-0.4, -0.2) is 35.9 Å². The maximum absolute atomic E-state index is 12.4. The third-order valence-electron chi connectivity index (χ3n) is 3.86. The number of ether oxygens (including phenoxy) is 1. The summed E-state index contributed by atoms with van der Waals surface area (Å²) in [6.45, 7) is 5.72. The number of rotatable bonds is 8. The van der Waals surface area contributed by atoms with Crippen LogP contribution >= 0.6 is 11.6 Å². The molecule has 5 nitrogen and oxygen atoms in total. The van der Waals surface area contributed by atoms with Crippen molar-refractivity contribution in [1.82, 2.24) is 4.90 Å². The second kappa shape index (κ2) is 9.97. The monoisotopic (exact) mass is 388 g/mol. The molecule has 0 atom stereocenters. The third-order valence-corrected chi connectivity index (χ3v) is 4.10. The minimum absolute atomic E-state index is 0.00512. The smallest absolute Gasteiger partial charge is 0.244 e. The van der Waals surface area contributed by atoms with E-state index in [-0.39, 0.29) is 24.5 Å². The zero-order chi connectivity index (χ0) is 19.8. The van der Waals surface area contributed by atoms with E-state index in [0.717, 1.165) is 5.56 Å². The first-order chi connectivity index (χ1) is 12.8. The fourth-order valence-corrected chi connectivity index (χ4v) is 2.81. The lowest BCUT2D eigenvalue weighted by molar-refractivity contribution is -0.132. The van der Waals surface area contributed by atoms with E-state index in [1.807, 2.05) is 44.2 Å². The van der Waals surface area contributed by atoms with Crippen molar-refractivity contribution in [2.24, 2.45) is 0 Å². The van der Waals surface area contributed by atoms with Gasteiger partial charge in [-0.3, -0.25) is 9.59 Å². The highest BCUT2D eigenvalue weighted by atomic mass is 35.5. The van der Waals surface area contributed by atoms with E-state index in [1.165, 1.54) is 11.8 Å². The van der Waals surface area contributed by atoms with E-state index in [1.54, 1.807) is 18.2 Å². The van der Waals surface area contributed by atoms with Gasteiger partial charge in [0, 0.05) is 18.5 Å². The molecule has 0 aliphatic heterocycles. The molecular formula is C21H25ClN2O3. The molecule has 0 radical (unpaired) electrons. The summed E-state index contributed by atoms with van der Waals surface area (Å²) >= 11 is 5.99. The number of amides is 2. The van der Waals surface area contributed by atoms with Gasteiger partial charge in [0.05, 0.1) is 18.3 Å². The van der Waals surface area contributed by atoms with Gasteiger partial charge in [0.1, 0.15) is 5.75 Å². The van der Waals surface area contributed by atoms with Gasteiger partial charge in [0.2, 0.25) is 11.8 Å². The first kappa shape index (κ1) is 20.8. The number of hydrogen-bond donors (Lipinski definition) is 1. The van der Waals surface area contributed by atoms with Crippen molar-refractivity contribution >= 4 is 29.1 Å². The van der Waals surface area contributed by atoms with Crippen LogP contribution in [-0.2, 0) is 16.0 Å². The Labute approximate surface area is 165 Å². The Morgan fingerprint density at radius 2 is 1.89 bits per heavy atom. The largest absolute Gasteiger partial charge is 0.489 e. The number of anilines is 1. The molecule has 2 aromatic rings. The molecule has 0 unspecified atom stereocenters. The van der Waals surface area contributed by atoms with Crippen molar-refractivity contribution in [3.05, 3.63) is 59.1 Å². The molecule has 144 valence electrons. The lowest BCUT2D eigenvalue weighted by Crippen LogP contribution is -2.38. The summed E-state index contributed by atoms with van der Waals surface area (Å²) in [4.78, 5) is 25.9. The number of carbonyl (C=O) groups is 2. The number of benzene rings is 2. The highest BCUT2D eigenvalue weighted by Crippen LogP contribution is 2.24. The van der Waals surface area contributed by atoms with Gasteiger partial charge in [-0.15, -0.1) is 0 Å². The topological polar surface area (TPSA) is 58.6 Å². The number of nitrogens with one attached hydrogen (secondary N) is 1. The molecule has 0 aromatic heterocycles. The van der Waals surface area contributed by atoms with E-state index < -0.39 is 0 Å². The lowest BCUT2D eigenvalue weighted by Gasteiger charge is -2.21. The number of hydrogen-bond acceptors (Lipinski definition) is 3. The number of halogens is 1. The van der Waals surface area contributed by atoms with E-state index in [4.69, 9.17) is 16.3 Å². The fraction of sp³-hybridized carbons (Fsp3) is 0.333. The van der Waals surface area contributed by atoms with Gasteiger partial charge in [0.25, 0.3) is 0 Å². The summed E-state index contributed by atoms with van der Waals surface area (Å²) in [5.41, 5.74) is 1.61. The van der Waals surface area contributed by atoms with Gasteiger partial charge < -0.3 is 15.0 Å². The van der Waals surface area contributed by atoms with Crippen molar-refractivity contribution < 1.29 is 14.3 Å². The van der Waals surface area contributed by atoms with Crippen LogP contribution in [0.25, 0.3) is 0 Å². The van der Waals surface area contributed by atoms with Crippen molar-refractivity contribution in [3.8, 4) is 5.75 Å². The fourth-order valence-electron chi connectivity index (χ4n) is 2.59. The van der Waals surface area contributed by atoms with Crippen molar-refractivity contribution in [2.75, 3.05) is 18.4 Å². The molecule has 0 saturated carbocycles. The Morgan fingerprint density at radius 3 is 2.56 bits per heavy atom. The summed E-state index contributed by atoms with van der Waals surface area (Å²) in [7, 11) is 0. The second-order valence-electron chi connectivity index (χ2n) is 6.53. The predicted molar refractivity (Wildman–Crippen MR) is 108 cm³/mol. The van der Waals surface area contributed by atoms with Gasteiger partial charge in [-0.05, 0) is 50.1 Å². The Balaban J connectivity index is 1.98. The molecule has 1 N–H and O–H groups in total. The quantitative estimate of drug-likeness (QED) is 0.738. The molecule has 0 aliphatic rings. The van der Waals surface area contributed by atoms with Gasteiger partial charge in [0.15, 0.2) is 0 Å². The molecule has 27 heavy (non-hydrogen) atoms. The van der Waals surface area contributed by atoms with Crippen LogP contribution in [0.4, 0.5) is 5.69 Å². The SMILES string of the molecule is CC(=O)N(CCc1cccc(Cl)c1)CC(=O)Nc1ccccc1OC(C)C. The zero-order valence-corrected chi connectivity index (χ0v) is 16.6. The van der Waals surface area contributed by atoms with Crippen LogP contribution < -0.4 is 10.1 Å². The van der Waals surface area contributed by atoms with Crippen molar-refractivity contribution in [2.45, 2.75) is 33.3 Å². The normalized spacial score (nSPS) is 10.6. The number of para-hydroxylation sites is 2. The van der Waals surface area contributed by atoms with Crippen LogP contribution in [0.1, 0.15) is 26.3 Å². The Morgan fingerprint density at radius 1 is 1.15 bits per heavy atom. The van der Waals surface area contributed by atoms with Crippen molar-refractivity contribution in [3.63, 3.8) is 0 Å². The van der Waals surface area contributed by atoms with E-state index >= 15 is 0 Å². The molecule has 0 heterocycles. The summed E-state index contributed by atoms with van der Waals surface area (Å²) in [6, 6.07) is 14.7. The molecule has 2 rings (SSSR count). The molecule has 2 aromatic carbocycles. The summed E-state index contributed by atoms with van der Waals surface area (Å²) in [6.07, 6.45) is 0.620. The standard InChI is InChI=1S/C21H25ClN2O3/c1-15(2)27-20-10-5-4-9-19(20)23-21(26)14-24(16(3)25)12-11-17-7-6-8-18(22)13-17/h4-10,13,15H,11-12,14H2,1-3H3,(H,23,26). The zero-order valence-electron chi connectivity index (χ0n) is 15.9. The second-order valence-corrected chi connectivity index (χ2v) is 6.97. The Kier molecular flexibility index (Phi) is 7.67. The first-order valence-corrected chi connectivity index (χ1v) is 9.28. The molecule has 6 heteroatoms. The maximum Gasteiger partial charge on any atom is 0.244 e.